The Labute approximate surface area is 232 Å². The van der Waals surface area contributed by atoms with Gasteiger partial charge < -0.3 is 40.6 Å². The van der Waals surface area contributed by atoms with Crippen molar-refractivity contribution in [3.05, 3.63) is 23.0 Å². The van der Waals surface area contributed by atoms with Gasteiger partial charge in [-0.1, -0.05) is 5.21 Å². The van der Waals surface area contributed by atoms with Gasteiger partial charge in [0.25, 0.3) is 11.4 Å². The third kappa shape index (κ3) is 4.64. The second-order valence-corrected chi connectivity index (χ2v) is 12.2. The van der Waals surface area contributed by atoms with Crippen LogP contribution in [-0.2, 0) is 41.8 Å². The third-order valence-electron chi connectivity index (χ3n) is 6.77. The van der Waals surface area contributed by atoms with Crippen LogP contribution in [0.5, 0.6) is 0 Å². The number of aliphatic hydroxyl groups is 2. The van der Waals surface area contributed by atoms with E-state index in [9.17, 15) is 19.9 Å². The zero-order valence-electron chi connectivity index (χ0n) is 20.8. The van der Waals surface area contributed by atoms with Gasteiger partial charge in [0.1, 0.15) is 25.1 Å². The molecule has 2 saturated heterocycles. The third-order valence-corrected chi connectivity index (χ3v) is 8.36. The summed E-state index contributed by atoms with van der Waals surface area (Å²) in [5.41, 5.74) is 9.09. The zero-order valence-corrected chi connectivity index (χ0v) is 22.5. The summed E-state index contributed by atoms with van der Waals surface area (Å²) in [4.78, 5) is 41.5. The first-order chi connectivity index (χ1) is 19.5. The molecular weight excluding hydrogens is 592 g/mol. The van der Waals surface area contributed by atoms with Crippen molar-refractivity contribution < 1.29 is 38.0 Å². The Bertz CT molecular complexity index is 1740. The summed E-state index contributed by atoms with van der Waals surface area (Å²) in [5, 5.41) is 28.0. The molecule has 8 N–H and O–H groups in total. The van der Waals surface area contributed by atoms with Crippen LogP contribution in [0.25, 0.3) is 22.3 Å². The molecule has 6 heterocycles. The number of aliphatic hydroxyl groups excluding tert-OH is 2. The van der Waals surface area contributed by atoms with Gasteiger partial charge in [-0.2, -0.15) is 9.67 Å². The molecule has 6 atom stereocenters. The summed E-state index contributed by atoms with van der Waals surface area (Å²) in [7, 11) is 0. The van der Waals surface area contributed by atoms with Crippen molar-refractivity contribution in [3.8, 4) is 0 Å². The molecule has 0 aliphatic carbocycles. The van der Waals surface area contributed by atoms with E-state index in [-0.39, 0.29) is 47.1 Å². The maximum atomic E-state index is 16.0. The van der Waals surface area contributed by atoms with Gasteiger partial charge in [-0.3, -0.25) is 18.9 Å². The highest BCUT2D eigenvalue weighted by Gasteiger charge is 2.54. The Kier molecular flexibility index (Phi) is 6.75. The molecule has 0 radical (unpaired) electrons. The predicted molar refractivity (Wildman–Crippen MR) is 138 cm³/mol. The highest BCUT2D eigenvalue weighted by Crippen LogP contribution is 2.53. The van der Waals surface area contributed by atoms with Crippen LogP contribution in [0, 0.1) is 0 Å². The summed E-state index contributed by atoms with van der Waals surface area (Å²) in [6.07, 6.45) is -1.65. The van der Waals surface area contributed by atoms with Crippen molar-refractivity contribution in [1.29, 1.82) is 0 Å². The van der Waals surface area contributed by atoms with Crippen LogP contribution in [0.4, 0.5) is 16.2 Å². The molecule has 220 valence electrons. The van der Waals surface area contributed by atoms with Crippen molar-refractivity contribution >= 4 is 52.6 Å². The summed E-state index contributed by atoms with van der Waals surface area (Å²) in [6.45, 7) is -6.13. The first-order valence-electron chi connectivity index (χ1n) is 11.9. The van der Waals surface area contributed by atoms with Crippen molar-refractivity contribution in [2.24, 2.45) is 0 Å². The lowest BCUT2D eigenvalue weighted by Gasteiger charge is -2.33. The molecule has 1 unspecified atom stereocenters. The number of rotatable bonds is 8. The number of nitrogen functional groups attached to an aromatic ring is 2. The van der Waals surface area contributed by atoms with E-state index in [1.165, 1.54) is 10.9 Å². The monoisotopic (exact) mass is 615 g/mol. The van der Waals surface area contributed by atoms with Gasteiger partial charge in [0.15, 0.2) is 33.9 Å². The maximum absolute atomic E-state index is 16.0. The largest absolute Gasteiger partial charge is 0.394 e. The number of nitrogens with one attached hydrogen (secondary N) is 1. The number of ether oxygens (including phenoxy) is 2. The average Bonchev–Trinajstić information content (AvgIpc) is 3.69. The minimum atomic E-state index is -4.22. The first kappa shape index (κ1) is 27.9. The molecule has 2 aliphatic heterocycles. The van der Waals surface area contributed by atoms with Crippen LogP contribution in [0.1, 0.15) is 6.42 Å². The van der Waals surface area contributed by atoms with E-state index in [2.05, 4.69) is 35.2 Å². The normalized spacial score (nSPS) is 29.9. The van der Waals surface area contributed by atoms with E-state index in [4.69, 9.17) is 41.8 Å². The molecule has 6 rings (SSSR count). The van der Waals surface area contributed by atoms with E-state index in [0.29, 0.717) is 0 Å². The van der Waals surface area contributed by atoms with E-state index < -0.39 is 61.9 Å². The van der Waals surface area contributed by atoms with Gasteiger partial charge in [0.2, 0.25) is 5.95 Å². The van der Waals surface area contributed by atoms with E-state index in [1.807, 2.05) is 0 Å². The Hall–Kier alpha value is -3.27. The maximum Gasteiger partial charge on any atom is 0.326 e. The van der Waals surface area contributed by atoms with Gasteiger partial charge >= 0.3 is 6.72 Å². The molecule has 0 aromatic carbocycles. The Morgan fingerprint density at radius 1 is 1.24 bits per heavy atom. The van der Waals surface area contributed by atoms with Crippen LogP contribution in [0.3, 0.4) is 0 Å². The number of H-pyrrole nitrogens is 1. The molecule has 4 aromatic heterocycles. The number of anilines is 2. The topological polar surface area (TPSA) is 270 Å². The lowest BCUT2D eigenvalue weighted by Crippen LogP contribution is -2.44. The van der Waals surface area contributed by atoms with Crippen LogP contribution >= 0.6 is 6.72 Å². The number of nitrogens with two attached hydrogens (primary N) is 2. The van der Waals surface area contributed by atoms with Crippen LogP contribution in [-0.4, -0.2) is 104 Å². The molecule has 2 aliphatic rings. The molecule has 41 heavy (non-hydrogen) atoms. The van der Waals surface area contributed by atoms with Crippen molar-refractivity contribution in [3.63, 3.8) is 0 Å². The van der Waals surface area contributed by atoms with Gasteiger partial charge in [0, 0.05) is 6.42 Å². The minimum absolute atomic E-state index is 0.00436. The molecular formula is C19H23FN11O8PS. The Balaban J connectivity index is 1.23. The fourth-order valence-corrected chi connectivity index (χ4v) is 6.41. The number of halogens is 1. The van der Waals surface area contributed by atoms with Crippen LogP contribution in [0.15, 0.2) is 17.4 Å². The lowest BCUT2D eigenvalue weighted by molar-refractivity contribution is -0.0592. The standard InChI is InChI=1S/C19H23FN11O8PS/c20-19(31-14-10(28-29-31)13(21)23-6-24-14)5-37-9(12(19)33)3-38-40(35,41)39-18(1-8(2-32)36-4-18)30-7-25-11-15(30)26-17(22)27-16(11)34/h6-9,12,32-33H,1-5H2,(H,35,41)(H2,21,23,24)(H3,22,26,27,34)/t8-,9+,12+,18-,19+,40?/m0/s1. The smallest absolute Gasteiger partial charge is 0.326 e. The number of nitrogens with zero attached hydrogens (tertiary/aromatic N) is 8. The second kappa shape index (κ2) is 9.93. The Morgan fingerprint density at radius 3 is 2.80 bits per heavy atom. The van der Waals surface area contributed by atoms with Gasteiger partial charge in [-0.05, 0) is 11.8 Å². The average molecular weight is 616 g/mol. The second-order valence-electron chi connectivity index (χ2n) is 9.40. The van der Waals surface area contributed by atoms with Crippen LogP contribution in [0.2, 0.25) is 0 Å². The number of imidazole rings is 1. The quantitative estimate of drug-likeness (QED) is 0.113. The Morgan fingerprint density at radius 2 is 2.05 bits per heavy atom. The minimum Gasteiger partial charge on any atom is -0.394 e. The molecule has 0 spiro atoms. The number of aromatic nitrogens is 9. The van der Waals surface area contributed by atoms with E-state index >= 15 is 4.39 Å². The molecule has 0 saturated carbocycles. The van der Waals surface area contributed by atoms with E-state index in [0.717, 1.165) is 11.0 Å². The number of hydrogen-bond donors (Lipinski definition) is 6. The predicted octanol–water partition coefficient (Wildman–Crippen LogP) is -2.42. The first-order valence-corrected chi connectivity index (χ1v) is 14.5. The van der Waals surface area contributed by atoms with Crippen molar-refractivity contribution in [2.75, 3.05) is 37.9 Å². The lowest BCUT2D eigenvalue weighted by atomic mass is 10.1. The summed E-state index contributed by atoms with van der Waals surface area (Å²) < 4.78 is 40.4. The number of alkyl halides is 1. The van der Waals surface area contributed by atoms with Crippen molar-refractivity contribution in [2.45, 2.75) is 36.3 Å². The number of hydrogen-bond acceptors (Lipinski definition) is 16. The zero-order chi connectivity index (χ0) is 29.2. The molecule has 19 nitrogen and oxygen atoms in total. The summed E-state index contributed by atoms with van der Waals surface area (Å²) >= 11 is 5.23. The fourth-order valence-electron chi connectivity index (χ4n) is 4.77. The van der Waals surface area contributed by atoms with Crippen LogP contribution < -0.4 is 17.0 Å². The highest BCUT2D eigenvalue weighted by atomic mass is 32.5. The SMILES string of the molecule is Nc1nc2c(ncn2[C@@]2(OP(O)(=S)OC[C@H]3OC[C@@](F)(n4nnc5c(N)ncnc54)[C@@H]3O)CO[C@H](CO)C2)c(=O)[nH]1. The molecule has 0 bridgehead atoms. The summed E-state index contributed by atoms with van der Waals surface area (Å²) in [6, 6.07) is 0. The fraction of sp³-hybridized carbons (Fsp3) is 0.526. The molecule has 0 amide bonds. The molecule has 4 aromatic rings. The van der Waals surface area contributed by atoms with Gasteiger partial charge in [0.05, 0.1) is 32.3 Å². The number of aromatic amines is 1. The molecule has 2 fully saturated rings. The van der Waals surface area contributed by atoms with E-state index in [1.54, 1.807) is 0 Å². The number of fused-ring (bicyclic) bond motifs is 2. The van der Waals surface area contributed by atoms with Gasteiger partial charge in [-0.15, -0.1) is 5.10 Å². The highest BCUT2D eigenvalue weighted by molar-refractivity contribution is 8.07. The molecule has 22 heteroatoms. The summed E-state index contributed by atoms with van der Waals surface area (Å²) in [5.74, 6) is -2.85. The van der Waals surface area contributed by atoms with Crippen molar-refractivity contribution in [1.82, 2.24) is 44.5 Å². The van der Waals surface area contributed by atoms with Gasteiger partial charge in [-0.25, -0.2) is 19.3 Å².